The quantitative estimate of drug-likeness (QED) is 0.264. The van der Waals surface area contributed by atoms with Gasteiger partial charge in [0.15, 0.2) is 5.78 Å². The number of amides is 3. The lowest BCUT2D eigenvalue weighted by Gasteiger charge is -2.37. The molecule has 1 fully saturated rings. The summed E-state index contributed by atoms with van der Waals surface area (Å²) in [5.74, 6) is -1.20. The van der Waals surface area contributed by atoms with Gasteiger partial charge in [0, 0.05) is 61.7 Å². The Hall–Kier alpha value is -4.05. The van der Waals surface area contributed by atoms with Gasteiger partial charge < -0.3 is 25.5 Å². The Bertz CT molecular complexity index is 1560. The first-order valence-corrected chi connectivity index (χ1v) is 16.3. The number of halogens is 1. The van der Waals surface area contributed by atoms with E-state index >= 15 is 0 Å². The molecule has 0 aliphatic carbocycles. The van der Waals surface area contributed by atoms with Crippen molar-refractivity contribution in [2.75, 3.05) is 25.0 Å². The van der Waals surface area contributed by atoms with Crippen LogP contribution in [0.15, 0.2) is 72.8 Å². The molecule has 2 aliphatic heterocycles. The molecule has 0 bridgehead atoms. The van der Waals surface area contributed by atoms with Crippen LogP contribution in [0.5, 0.6) is 0 Å². The molecule has 2 heterocycles. The normalized spacial score (nSPS) is 17.5. The summed E-state index contributed by atoms with van der Waals surface area (Å²) in [5.41, 5.74) is 3.85. The van der Waals surface area contributed by atoms with Gasteiger partial charge in [-0.1, -0.05) is 66.2 Å². The third-order valence-corrected chi connectivity index (χ3v) is 9.31. The zero-order valence-corrected chi connectivity index (χ0v) is 26.8. The Balaban J connectivity index is 1.32. The second-order valence-corrected chi connectivity index (χ2v) is 12.6. The summed E-state index contributed by atoms with van der Waals surface area (Å²) >= 11 is 6.18. The molecule has 2 atom stereocenters. The van der Waals surface area contributed by atoms with E-state index in [4.69, 9.17) is 11.6 Å². The van der Waals surface area contributed by atoms with Crippen molar-refractivity contribution in [3.63, 3.8) is 0 Å². The third kappa shape index (κ3) is 8.60. The minimum atomic E-state index is -0.871. The molecule has 0 radical (unpaired) electrons. The predicted molar refractivity (Wildman–Crippen MR) is 178 cm³/mol. The minimum absolute atomic E-state index is 0.0275. The maximum Gasteiger partial charge on any atom is 0.246 e. The fourth-order valence-electron chi connectivity index (χ4n) is 6.09. The van der Waals surface area contributed by atoms with E-state index in [2.05, 4.69) is 15.5 Å². The molecule has 2 aliphatic rings. The maximum absolute atomic E-state index is 14.0. The topological polar surface area (TPSA) is 119 Å². The number of carbonyl (C=O) groups is 4. The van der Waals surface area contributed by atoms with Crippen LogP contribution in [0, 0.1) is 6.92 Å². The summed E-state index contributed by atoms with van der Waals surface area (Å²) in [7, 11) is 0. The molecule has 1 saturated heterocycles. The van der Waals surface area contributed by atoms with Gasteiger partial charge in [0.1, 0.15) is 12.1 Å². The number of rotatable bonds is 11. The van der Waals surface area contributed by atoms with Gasteiger partial charge in [-0.05, 0) is 61.1 Å². The van der Waals surface area contributed by atoms with Gasteiger partial charge in [-0.25, -0.2) is 0 Å². The van der Waals surface area contributed by atoms with E-state index in [9.17, 15) is 24.3 Å². The molecule has 5 rings (SSSR count). The average Bonchev–Trinajstić information content (AvgIpc) is 3.07. The summed E-state index contributed by atoms with van der Waals surface area (Å²) in [6.07, 6.45) is 1.67. The number of benzene rings is 3. The monoisotopic (exact) mass is 644 g/mol. The number of hydrogen-bond acceptors (Lipinski definition) is 6. The maximum atomic E-state index is 14.0. The molecular weight excluding hydrogens is 604 g/mol. The number of carbonyl (C=O) groups excluding carboxylic acids is 4. The SMILES string of the molecule is Cc1cc(NC(=O)C(CCN2CCC(O)CC2)NC(=O)[C@@H]2Cc3ccccc3CN2C(=O)CCC(=O)c2ccccc2)ccc1Cl. The highest BCUT2D eigenvalue weighted by molar-refractivity contribution is 6.31. The Morgan fingerprint density at radius 1 is 0.935 bits per heavy atom. The van der Waals surface area contributed by atoms with Crippen LogP contribution in [0.3, 0.4) is 0 Å². The highest BCUT2D eigenvalue weighted by Gasteiger charge is 2.36. The molecule has 3 N–H and O–H groups in total. The number of aliphatic hydroxyl groups excluding tert-OH is 1. The highest BCUT2D eigenvalue weighted by atomic mass is 35.5. The highest BCUT2D eigenvalue weighted by Crippen LogP contribution is 2.25. The van der Waals surface area contributed by atoms with Crippen molar-refractivity contribution < 1.29 is 24.3 Å². The molecule has 46 heavy (non-hydrogen) atoms. The van der Waals surface area contributed by atoms with Crippen molar-refractivity contribution >= 4 is 40.8 Å². The first-order valence-electron chi connectivity index (χ1n) is 15.9. The molecule has 242 valence electrons. The number of fused-ring (bicyclic) bond motifs is 1. The van der Waals surface area contributed by atoms with Crippen LogP contribution >= 0.6 is 11.6 Å². The van der Waals surface area contributed by atoms with E-state index in [1.165, 1.54) is 0 Å². The predicted octanol–water partition coefficient (Wildman–Crippen LogP) is 4.54. The van der Waals surface area contributed by atoms with Crippen molar-refractivity contribution in [1.29, 1.82) is 0 Å². The Labute approximate surface area is 274 Å². The van der Waals surface area contributed by atoms with Crippen molar-refractivity contribution in [2.24, 2.45) is 0 Å². The Kier molecular flexibility index (Phi) is 11.2. The van der Waals surface area contributed by atoms with E-state index in [1.54, 1.807) is 47.4 Å². The molecule has 3 aromatic carbocycles. The van der Waals surface area contributed by atoms with Gasteiger partial charge in [-0.3, -0.25) is 19.2 Å². The molecule has 10 heteroatoms. The Morgan fingerprint density at radius 2 is 1.63 bits per heavy atom. The molecular formula is C36H41ClN4O5. The zero-order valence-electron chi connectivity index (χ0n) is 26.1. The molecule has 3 amide bonds. The van der Waals surface area contributed by atoms with E-state index in [0.29, 0.717) is 61.6 Å². The van der Waals surface area contributed by atoms with Crippen LogP contribution in [0.4, 0.5) is 5.69 Å². The lowest BCUT2D eigenvalue weighted by molar-refractivity contribution is -0.142. The average molecular weight is 645 g/mol. The number of nitrogens with zero attached hydrogens (tertiary/aromatic N) is 2. The van der Waals surface area contributed by atoms with Gasteiger partial charge >= 0.3 is 0 Å². The number of ketones is 1. The van der Waals surface area contributed by atoms with Crippen LogP contribution < -0.4 is 10.6 Å². The summed E-state index contributed by atoms with van der Waals surface area (Å²) < 4.78 is 0. The van der Waals surface area contributed by atoms with Crippen molar-refractivity contribution in [3.8, 4) is 0 Å². The van der Waals surface area contributed by atoms with Crippen LogP contribution in [-0.4, -0.2) is 76.2 Å². The molecule has 0 aromatic heterocycles. The fourth-order valence-corrected chi connectivity index (χ4v) is 6.21. The van der Waals surface area contributed by atoms with Gasteiger partial charge in [-0.2, -0.15) is 0 Å². The van der Waals surface area contributed by atoms with E-state index < -0.39 is 18.0 Å². The summed E-state index contributed by atoms with van der Waals surface area (Å²) in [5, 5.41) is 16.4. The number of piperidine rings is 1. The molecule has 1 unspecified atom stereocenters. The number of aliphatic hydroxyl groups is 1. The summed E-state index contributed by atoms with van der Waals surface area (Å²) in [6, 6.07) is 20.0. The lowest BCUT2D eigenvalue weighted by Crippen LogP contribution is -2.56. The van der Waals surface area contributed by atoms with E-state index in [0.717, 1.165) is 16.7 Å². The van der Waals surface area contributed by atoms with E-state index in [1.807, 2.05) is 37.3 Å². The second-order valence-electron chi connectivity index (χ2n) is 12.2. The number of nitrogens with one attached hydrogen (secondary N) is 2. The van der Waals surface area contributed by atoms with Crippen molar-refractivity contribution in [3.05, 3.63) is 100 Å². The number of Topliss-reactive ketones (excluding diaryl/α,β-unsaturated/α-hetero) is 1. The summed E-state index contributed by atoms with van der Waals surface area (Å²) in [4.78, 5) is 57.8. The van der Waals surface area contributed by atoms with Crippen LogP contribution in [-0.2, 0) is 27.3 Å². The molecule has 0 saturated carbocycles. The first kappa shape index (κ1) is 33.3. The second kappa shape index (κ2) is 15.5. The molecule has 9 nitrogen and oxygen atoms in total. The van der Waals surface area contributed by atoms with Gasteiger partial charge in [-0.15, -0.1) is 0 Å². The summed E-state index contributed by atoms with van der Waals surface area (Å²) in [6.45, 7) is 4.07. The number of likely N-dealkylation sites (tertiary alicyclic amines) is 1. The van der Waals surface area contributed by atoms with Gasteiger partial charge in [0.2, 0.25) is 17.7 Å². The van der Waals surface area contributed by atoms with E-state index in [-0.39, 0.29) is 43.1 Å². The fraction of sp³-hybridized carbons (Fsp3) is 0.389. The van der Waals surface area contributed by atoms with Crippen molar-refractivity contribution in [1.82, 2.24) is 15.1 Å². The largest absolute Gasteiger partial charge is 0.393 e. The number of hydrogen-bond donors (Lipinski definition) is 3. The number of anilines is 1. The lowest BCUT2D eigenvalue weighted by atomic mass is 9.92. The Morgan fingerprint density at radius 3 is 2.35 bits per heavy atom. The smallest absolute Gasteiger partial charge is 0.246 e. The standard InChI is InChI=1S/C36H41ClN4O5/c1-24-21-28(11-12-30(24)37)38-35(45)31(17-20-40-18-15-29(42)16-19-40)39-36(46)32-22-26-9-5-6-10-27(26)23-41(32)34(44)14-13-33(43)25-7-3-2-4-8-25/h2-12,21,29,31-32,42H,13-20,22-23H2,1H3,(H,38,45)(H,39,46)/t31?,32-/m0/s1. The van der Waals surface area contributed by atoms with Crippen molar-refractivity contribution in [2.45, 2.75) is 70.2 Å². The molecule has 3 aromatic rings. The van der Waals surface area contributed by atoms with Gasteiger partial charge in [0.25, 0.3) is 0 Å². The zero-order chi connectivity index (χ0) is 32.6. The van der Waals surface area contributed by atoms with Crippen LogP contribution in [0.2, 0.25) is 5.02 Å². The minimum Gasteiger partial charge on any atom is -0.393 e. The van der Waals surface area contributed by atoms with Crippen LogP contribution in [0.1, 0.15) is 59.2 Å². The first-order chi connectivity index (χ1) is 22.2. The van der Waals surface area contributed by atoms with Gasteiger partial charge in [0.05, 0.1) is 6.10 Å². The number of aryl methyl sites for hydroxylation is 1. The third-order valence-electron chi connectivity index (χ3n) is 8.88. The van der Waals surface area contributed by atoms with Crippen LogP contribution in [0.25, 0.3) is 0 Å². The molecule has 0 spiro atoms.